The lowest BCUT2D eigenvalue weighted by atomic mass is 10.1. The highest BCUT2D eigenvalue weighted by Gasteiger charge is 2.09. The molecule has 3 aromatic carbocycles. The quantitative estimate of drug-likeness (QED) is 0.494. The van der Waals surface area contributed by atoms with Gasteiger partial charge >= 0.3 is 5.97 Å². The van der Waals surface area contributed by atoms with E-state index in [0.717, 1.165) is 23.9 Å². The predicted octanol–water partition coefficient (Wildman–Crippen LogP) is 4.36. The molecule has 0 aromatic heterocycles. The van der Waals surface area contributed by atoms with Crippen molar-refractivity contribution in [3.8, 4) is 5.75 Å². The van der Waals surface area contributed by atoms with Crippen LogP contribution in [-0.4, -0.2) is 49.6 Å². The van der Waals surface area contributed by atoms with E-state index in [-0.39, 0.29) is 18.5 Å². The molecule has 0 heterocycles. The van der Waals surface area contributed by atoms with Crippen molar-refractivity contribution >= 4 is 28.3 Å². The summed E-state index contributed by atoms with van der Waals surface area (Å²) in [5.74, 6) is -0.0102. The zero-order valence-corrected chi connectivity index (χ0v) is 18.0. The Morgan fingerprint density at radius 2 is 1.61 bits per heavy atom. The summed E-state index contributed by atoms with van der Waals surface area (Å²) in [6.45, 7) is 6.96. The fourth-order valence-corrected chi connectivity index (χ4v) is 3.18. The topological polar surface area (TPSA) is 67.9 Å². The number of hydrogen-bond acceptors (Lipinski definition) is 5. The first-order chi connectivity index (χ1) is 15.1. The first kappa shape index (κ1) is 22.3. The molecule has 6 heteroatoms. The van der Waals surface area contributed by atoms with Gasteiger partial charge in [0, 0.05) is 12.2 Å². The Morgan fingerprint density at radius 1 is 0.903 bits per heavy atom. The van der Waals surface area contributed by atoms with E-state index in [0.29, 0.717) is 30.2 Å². The molecule has 3 aromatic rings. The smallest absolute Gasteiger partial charge is 0.338 e. The average molecular weight is 421 g/mol. The lowest BCUT2D eigenvalue weighted by molar-refractivity contribution is -0.118. The molecule has 0 saturated heterocycles. The number of likely N-dealkylation sites (N-methyl/N-ethyl adjacent to an activating group) is 1. The van der Waals surface area contributed by atoms with Gasteiger partial charge < -0.3 is 19.7 Å². The van der Waals surface area contributed by atoms with Crippen molar-refractivity contribution in [3.05, 3.63) is 72.3 Å². The standard InChI is InChI=1S/C25H28N2O4/c1-3-27(4-2)15-16-30-25(29)20-9-12-22(13-10-20)26-24(28)18-31-23-14-11-19-7-5-6-8-21(19)17-23/h5-14,17H,3-4,15-16,18H2,1-2H3,(H,26,28). The lowest BCUT2D eigenvalue weighted by Gasteiger charge is -2.17. The first-order valence-corrected chi connectivity index (χ1v) is 10.5. The summed E-state index contributed by atoms with van der Waals surface area (Å²) in [7, 11) is 0. The van der Waals surface area contributed by atoms with Gasteiger partial charge in [0.05, 0.1) is 5.56 Å². The highest BCUT2D eigenvalue weighted by Crippen LogP contribution is 2.20. The maximum Gasteiger partial charge on any atom is 0.338 e. The van der Waals surface area contributed by atoms with E-state index in [2.05, 4.69) is 24.1 Å². The van der Waals surface area contributed by atoms with Crippen LogP contribution in [0.15, 0.2) is 66.7 Å². The fraction of sp³-hybridized carbons (Fsp3) is 0.280. The molecule has 0 unspecified atom stereocenters. The van der Waals surface area contributed by atoms with Crippen molar-refractivity contribution in [1.29, 1.82) is 0 Å². The monoisotopic (exact) mass is 420 g/mol. The van der Waals surface area contributed by atoms with Gasteiger partial charge in [-0.25, -0.2) is 4.79 Å². The van der Waals surface area contributed by atoms with Crippen LogP contribution in [0.2, 0.25) is 0 Å². The summed E-state index contributed by atoms with van der Waals surface area (Å²) in [6, 6.07) is 20.3. The first-order valence-electron chi connectivity index (χ1n) is 10.5. The molecule has 3 rings (SSSR count). The van der Waals surface area contributed by atoms with Crippen LogP contribution in [-0.2, 0) is 9.53 Å². The Bertz CT molecular complexity index is 1010. The minimum Gasteiger partial charge on any atom is -0.484 e. The minimum atomic E-state index is -0.371. The van der Waals surface area contributed by atoms with Crippen LogP contribution >= 0.6 is 0 Å². The van der Waals surface area contributed by atoms with E-state index in [9.17, 15) is 9.59 Å². The molecule has 0 aliphatic carbocycles. The van der Waals surface area contributed by atoms with Gasteiger partial charge in [-0.1, -0.05) is 44.2 Å². The van der Waals surface area contributed by atoms with Crippen molar-refractivity contribution in [2.75, 3.05) is 38.2 Å². The van der Waals surface area contributed by atoms with Crippen LogP contribution in [0.25, 0.3) is 10.8 Å². The average Bonchev–Trinajstić information content (AvgIpc) is 2.80. The second kappa shape index (κ2) is 11.1. The number of anilines is 1. The SMILES string of the molecule is CCN(CC)CCOC(=O)c1ccc(NC(=O)COc2ccc3ccccc3c2)cc1. The number of ether oxygens (including phenoxy) is 2. The molecule has 162 valence electrons. The highest BCUT2D eigenvalue weighted by atomic mass is 16.5. The molecule has 0 atom stereocenters. The Kier molecular flexibility index (Phi) is 8.01. The number of hydrogen-bond donors (Lipinski definition) is 1. The predicted molar refractivity (Wildman–Crippen MR) is 123 cm³/mol. The van der Waals surface area contributed by atoms with Gasteiger partial charge in [0.25, 0.3) is 5.91 Å². The Balaban J connectivity index is 1.46. The molecule has 0 bridgehead atoms. The van der Waals surface area contributed by atoms with Gasteiger partial charge in [-0.3, -0.25) is 4.79 Å². The maximum absolute atomic E-state index is 12.2. The van der Waals surface area contributed by atoms with Crippen LogP contribution in [0.5, 0.6) is 5.75 Å². The summed E-state index contributed by atoms with van der Waals surface area (Å²) in [4.78, 5) is 26.5. The molecule has 1 amide bonds. The second-order valence-corrected chi connectivity index (χ2v) is 7.09. The molecule has 31 heavy (non-hydrogen) atoms. The van der Waals surface area contributed by atoms with Crippen LogP contribution in [0.1, 0.15) is 24.2 Å². The normalized spacial score (nSPS) is 10.8. The Labute approximate surface area is 182 Å². The van der Waals surface area contributed by atoms with Gasteiger partial charge in [0.2, 0.25) is 0 Å². The number of carbonyl (C=O) groups excluding carboxylic acids is 2. The molecular weight excluding hydrogens is 392 g/mol. The molecule has 0 aliphatic rings. The van der Waals surface area contributed by atoms with E-state index in [1.54, 1.807) is 24.3 Å². The third kappa shape index (κ3) is 6.55. The van der Waals surface area contributed by atoms with Crippen LogP contribution in [0.3, 0.4) is 0 Å². The summed E-state index contributed by atoms with van der Waals surface area (Å²) in [6.07, 6.45) is 0. The number of amides is 1. The van der Waals surface area contributed by atoms with E-state index < -0.39 is 0 Å². The fourth-order valence-electron chi connectivity index (χ4n) is 3.18. The Morgan fingerprint density at radius 3 is 2.32 bits per heavy atom. The molecule has 0 fully saturated rings. The largest absolute Gasteiger partial charge is 0.484 e. The molecule has 0 saturated carbocycles. The molecule has 0 radical (unpaired) electrons. The summed E-state index contributed by atoms with van der Waals surface area (Å²) in [5.41, 5.74) is 1.04. The zero-order valence-electron chi connectivity index (χ0n) is 18.0. The Hall–Kier alpha value is -3.38. The number of nitrogens with one attached hydrogen (secondary N) is 1. The van der Waals surface area contributed by atoms with Crippen LogP contribution in [0, 0.1) is 0 Å². The zero-order chi connectivity index (χ0) is 22.1. The second-order valence-electron chi connectivity index (χ2n) is 7.09. The lowest BCUT2D eigenvalue weighted by Crippen LogP contribution is -2.27. The van der Waals surface area contributed by atoms with Crippen LogP contribution in [0.4, 0.5) is 5.69 Å². The summed E-state index contributed by atoms with van der Waals surface area (Å²) in [5, 5.41) is 4.94. The third-order valence-corrected chi connectivity index (χ3v) is 5.03. The third-order valence-electron chi connectivity index (χ3n) is 5.03. The summed E-state index contributed by atoms with van der Waals surface area (Å²) >= 11 is 0. The van der Waals surface area contributed by atoms with E-state index in [4.69, 9.17) is 9.47 Å². The number of rotatable bonds is 10. The molecule has 0 aliphatic heterocycles. The van der Waals surface area contributed by atoms with Crippen molar-refractivity contribution < 1.29 is 19.1 Å². The molecule has 0 spiro atoms. The number of nitrogens with zero attached hydrogens (tertiary/aromatic N) is 1. The summed E-state index contributed by atoms with van der Waals surface area (Å²) < 4.78 is 10.9. The number of carbonyl (C=O) groups is 2. The van der Waals surface area contributed by atoms with E-state index in [1.807, 2.05) is 42.5 Å². The van der Waals surface area contributed by atoms with Gasteiger partial charge in [0.15, 0.2) is 6.61 Å². The van der Waals surface area contributed by atoms with E-state index in [1.165, 1.54) is 0 Å². The van der Waals surface area contributed by atoms with Gasteiger partial charge in [-0.05, 0) is 60.3 Å². The van der Waals surface area contributed by atoms with Crippen molar-refractivity contribution in [2.45, 2.75) is 13.8 Å². The number of fused-ring (bicyclic) bond motifs is 1. The number of esters is 1. The molecule has 1 N–H and O–H groups in total. The van der Waals surface area contributed by atoms with Gasteiger partial charge in [-0.15, -0.1) is 0 Å². The highest BCUT2D eigenvalue weighted by molar-refractivity contribution is 5.93. The van der Waals surface area contributed by atoms with Gasteiger partial charge in [0.1, 0.15) is 12.4 Å². The minimum absolute atomic E-state index is 0.104. The van der Waals surface area contributed by atoms with Gasteiger partial charge in [-0.2, -0.15) is 0 Å². The van der Waals surface area contributed by atoms with Crippen molar-refractivity contribution in [1.82, 2.24) is 4.90 Å². The maximum atomic E-state index is 12.2. The van der Waals surface area contributed by atoms with E-state index >= 15 is 0 Å². The number of benzene rings is 3. The van der Waals surface area contributed by atoms with Crippen LogP contribution < -0.4 is 10.1 Å². The molecule has 6 nitrogen and oxygen atoms in total. The molecular formula is C25H28N2O4. The van der Waals surface area contributed by atoms with Crippen molar-refractivity contribution in [2.24, 2.45) is 0 Å². The van der Waals surface area contributed by atoms with Crippen molar-refractivity contribution in [3.63, 3.8) is 0 Å².